The highest BCUT2D eigenvalue weighted by atomic mass is 16.3. The van der Waals surface area contributed by atoms with Gasteiger partial charge in [0, 0.05) is 29.2 Å². The molecular formula is C33H42N2O4. The van der Waals surface area contributed by atoms with Crippen molar-refractivity contribution < 1.29 is 19.8 Å². The number of nitrogens with one attached hydrogen (secondary N) is 1. The molecule has 2 unspecified atom stereocenters. The summed E-state index contributed by atoms with van der Waals surface area (Å²) in [5.74, 6) is -0.329. The molecule has 0 aromatic heterocycles. The number of carbonyl (C=O) groups is 2. The maximum atomic E-state index is 14.3. The maximum Gasteiger partial charge on any atom is 0.189 e. The number of aliphatic hydroxyl groups is 1. The van der Waals surface area contributed by atoms with Gasteiger partial charge < -0.3 is 20.4 Å². The van der Waals surface area contributed by atoms with Crippen molar-refractivity contribution in [2.75, 3.05) is 33.7 Å². The fourth-order valence-electron chi connectivity index (χ4n) is 6.07. The van der Waals surface area contributed by atoms with Crippen LogP contribution in [0.3, 0.4) is 0 Å². The predicted octanol–water partition coefficient (Wildman–Crippen LogP) is 5.78. The van der Waals surface area contributed by atoms with Gasteiger partial charge in [0.2, 0.25) is 0 Å². The summed E-state index contributed by atoms with van der Waals surface area (Å²) in [5, 5.41) is 25.2. The summed E-state index contributed by atoms with van der Waals surface area (Å²) < 4.78 is 0. The lowest BCUT2D eigenvalue weighted by molar-refractivity contribution is -0.131. The molecule has 2 atom stereocenters. The number of Topliss-reactive ketones (excluding diaryl/α,β-unsaturated/α-hetero) is 2. The molecule has 0 bridgehead atoms. The van der Waals surface area contributed by atoms with Crippen LogP contribution < -0.4 is 5.32 Å². The first-order valence-electron chi connectivity index (χ1n) is 14.1. The van der Waals surface area contributed by atoms with E-state index in [1.807, 2.05) is 46.1 Å². The summed E-state index contributed by atoms with van der Waals surface area (Å²) in [4.78, 5) is 30.6. The van der Waals surface area contributed by atoms with Gasteiger partial charge in [0.25, 0.3) is 0 Å². The van der Waals surface area contributed by atoms with Gasteiger partial charge in [-0.05, 0) is 108 Å². The molecule has 39 heavy (non-hydrogen) atoms. The van der Waals surface area contributed by atoms with Crippen LogP contribution in [-0.4, -0.2) is 60.4 Å². The van der Waals surface area contributed by atoms with Crippen molar-refractivity contribution in [3.8, 4) is 5.75 Å². The van der Waals surface area contributed by atoms with Gasteiger partial charge in [0.1, 0.15) is 17.3 Å². The lowest BCUT2D eigenvalue weighted by Crippen LogP contribution is -2.44. The van der Waals surface area contributed by atoms with Crippen molar-refractivity contribution >= 4 is 17.1 Å². The van der Waals surface area contributed by atoms with Crippen LogP contribution in [0, 0.1) is 25.2 Å². The smallest absolute Gasteiger partial charge is 0.189 e. The third-order valence-corrected chi connectivity index (χ3v) is 8.36. The average molecular weight is 531 g/mol. The first-order chi connectivity index (χ1) is 18.6. The molecule has 0 saturated carbocycles. The lowest BCUT2D eigenvalue weighted by atomic mass is 9.64. The van der Waals surface area contributed by atoms with Crippen LogP contribution >= 0.6 is 0 Å². The zero-order valence-corrected chi connectivity index (χ0v) is 23.7. The topological polar surface area (TPSA) is 89.9 Å². The van der Waals surface area contributed by atoms with Crippen LogP contribution in [0.2, 0.25) is 0 Å². The second-order valence-electron chi connectivity index (χ2n) is 11.5. The minimum absolute atomic E-state index is 0.00427. The SMILES string of the molecule is Cc1cccc(C2=C(C(=O)c3cccc(O)c3)CC(CCCCN(C)C)(C(=O)C3CCCNC3)C=C2O)c1C. The number of phenols is 1. The number of aromatic hydroxyl groups is 1. The maximum absolute atomic E-state index is 14.3. The Labute approximate surface area is 232 Å². The Hall–Kier alpha value is -3.22. The molecule has 0 spiro atoms. The molecule has 4 rings (SSSR count). The van der Waals surface area contributed by atoms with Crippen LogP contribution in [0.4, 0.5) is 0 Å². The Kier molecular flexibility index (Phi) is 9.08. The minimum atomic E-state index is -0.969. The summed E-state index contributed by atoms with van der Waals surface area (Å²) in [6, 6.07) is 12.2. The molecule has 2 aromatic rings. The summed E-state index contributed by atoms with van der Waals surface area (Å²) in [6.07, 6.45) is 6.02. The Morgan fingerprint density at radius 3 is 2.54 bits per heavy atom. The van der Waals surface area contributed by atoms with E-state index in [0.29, 0.717) is 29.7 Å². The summed E-state index contributed by atoms with van der Waals surface area (Å²) in [7, 11) is 4.07. The van der Waals surface area contributed by atoms with Crippen LogP contribution in [0.25, 0.3) is 5.57 Å². The fraction of sp³-hybridized carbons (Fsp3) is 0.455. The highest BCUT2D eigenvalue weighted by molar-refractivity contribution is 6.16. The number of unbranched alkanes of at least 4 members (excludes halogenated alkanes) is 1. The zero-order valence-electron chi connectivity index (χ0n) is 23.7. The highest BCUT2D eigenvalue weighted by Crippen LogP contribution is 2.48. The molecule has 0 radical (unpaired) electrons. The molecule has 1 aliphatic carbocycles. The number of ketones is 2. The lowest BCUT2D eigenvalue weighted by Gasteiger charge is -2.38. The molecule has 1 heterocycles. The number of allylic oxidation sites excluding steroid dienone is 3. The van der Waals surface area contributed by atoms with Gasteiger partial charge in [-0.15, -0.1) is 0 Å². The highest BCUT2D eigenvalue weighted by Gasteiger charge is 2.45. The van der Waals surface area contributed by atoms with Gasteiger partial charge in [0.05, 0.1) is 5.41 Å². The van der Waals surface area contributed by atoms with Gasteiger partial charge in [0.15, 0.2) is 5.78 Å². The van der Waals surface area contributed by atoms with Gasteiger partial charge in [-0.2, -0.15) is 0 Å². The molecule has 1 aliphatic heterocycles. The number of aliphatic hydroxyl groups excluding tert-OH is 1. The first kappa shape index (κ1) is 28.8. The Morgan fingerprint density at radius 2 is 1.85 bits per heavy atom. The summed E-state index contributed by atoms with van der Waals surface area (Å²) >= 11 is 0. The molecule has 6 nitrogen and oxygen atoms in total. The van der Waals surface area contributed by atoms with Crippen LogP contribution in [-0.2, 0) is 4.79 Å². The monoisotopic (exact) mass is 530 g/mol. The number of aryl methyl sites for hydroxylation is 1. The number of benzene rings is 2. The molecule has 208 valence electrons. The van der Waals surface area contributed by atoms with E-state index in [2.05, 4.69) is 10.2 Å². The molecule has 6 heteroatoms. The van der Waals surface area contributed by atoms with E-state index in [4.69, 9.17) is 0 Å². The van der Waals surface area contributed by atoms with E-state index in [0.717, 1.165) is 55.5 Å². The van der Waals surface area contributed by atoms with Crippen molar-refractivity contribution in [1.29, 1.82) is 0 Å². The number of phenolic OH excluding ortho intramolecular Hbond substituents is 1. The number of nitrogens with zero attached hydrogens (tertiary/aromatic N) is 1. The third kappa shape index (κ3) is 6.34. The van der Waals surface area contributed by atoms with E-state index in [1.54, 1.807) is 18.2 Å². The van der Waals surface area contributed by atoms with Crippen molar-refractivity contribution in [2.45, 2.75) is 52.4 Å². The number of hydrogen-bond donors (Lipinski definition) is 3. The standard InChI is InChI=1S/C33H42N2O4/c1-22-10-7-14-27(23(22)2)30-28(31(38)24-11-8-13-26(36)18-24)19-33(20-29(30)37,15-5-6-17-35(3)4)32(39)25-12-9-16-34-21-25/h7-8,10-11,13-14,18,20,25,34,36-37H,5-6,9,12,15-17,19,21H2,1-4H3. The zero-order chi connectivity index (χ0) is 28.2. The van der Waals surface area contributed by atoms with E-state index in [-0.39, 0.29) is 35.4 Å². The van der Waals surface area contributed by atoms with Gasteiger partial charge in [-0.3, -0.25) is 9.59 Å². The Balaban J connectivity index is 1.85. The van der Waals surface area contributed by atoms with Crippen LogP contribution in [0.5, 0.6) is 5.75 Å². The number of carbonyl (C=O) groups excluding carboxylic acids is 2. The van der Waals surface area contributed by atoms with Crippen molar-refractivity contribution in [2.24, 2.45) is 11.3 Å². The molecule has 1 fully saturated rings. The van der Waals surface area contributed by atoms with E-state index in [9.17, 15) is 19.8 Å². The Morgan fingerprint density at radius 1 is 1.08 bits per heavy atom. The number of rotatable bonds is 10. The molecule has 0 amide bonds. The molecule has 3 N–H and O–H groups in total. The van der Waals surface area contributed by atoms with Gasteiger partial charge in [-0.1, -0.05) is 36.8 Å². The average Bonchev–Trinajstić information content (AvgIpc) is 2.92. The van der Waals surface area contributed by atoms with Crippen molar-refractivity contribution in [1.82, 2.24) is 10.2 Å². The van der Waals surface area contributed by atoms with Crippen molar-refractivity contribution in [3.63, 3.8) is 0 Å². The van der Waals surface area contributed by atoms with Gasteiger partial charge in [-0.25, -0.2) is 0 Å². The summed E-state index contributed by atoms with van der Waals surface area (Å²) in [6.45, 7) is 6.43. The third-order valence-electron chi connectivity index (χ3n) is 8.36. The largest absolute Gasteiger partial charge is 0.508 e. The van der Waals surface area contributed by atoms with E-state index in [1.165, 1.54) is 12.1 Å². The second-order valence-corrected chi connectivity index (χ2v) is 11.5. The minimum Gasteiger partial charge on any atom is -0.508 e. The quantitative estimate of drug-likeness (QED) is 0.267. The van der Waals surface area contributed by atoms with E-state index < -0.39 is 5.41 Å². The second kappa shape index (κ2) is 12.3. The summed E-state index contributed by atoms with van der Waals surface area (Å²) in [5.41, 5.74) is 3.12. The first-order valence-corrected chi connectivity index (χ1v) is 14.1. The molecule has 2 aliphatic rings. The van der Waals surface area contributed by atoms with E-state index >= 15 is 0 Å². The fourth-order valence-corrected chi connectivity index (χ4v) is 6.07. The molecule has 1 saturated heterocycles. The van der Waals surface area contributed by atoms with Crippen LogP contribution in [0.15, 0.2) is 59.9 Å². The van der Waals surface area contributed by atoms with Gasteiger partial charge >= 0.3 is 0 Å². The Bertz CT molecular complexity index is 1290. The van der Waals surface area contributed by atoms with Crippen LogP contribution in [0.1, 0.15) is 65.6 Å². The predicted molar refractivity (Wildman–Crippen MR) is 156 cm³/mol. The molecule has 2 aromatic carbocycles. The molecular weight excluding hydrogens is 488 g/mol. The van der Waals surface area contributed by atoms with Crippen molar-refractivity contribution in [3.05, 3.63) is 82.1 Å². The normalized spacial score (nSPS) is 21.7. The number of piperidine rings is 1. The number of hydrogen-bond acceptors (Lipinski definition) is 6.